The molecule has 0 bridgehead atoms. The highest BCUT2D eigenvalue weighted by Gasteiger charge is 2.09. The fourth-order valence-electron chi connectivity index (χ4n) is 3.25. The Morgan fingerprint density at radius 2 is 1.39 bits per heavy atom. The zero-order valence-corrected chi connectivity index (χ0v) is 20.3. The molecule has 2 aromatic rings. The van der Waals surface area contributed by atoms with Crippen molar-refractivity contribution in [1.82, 2.24) is 0 Å². The number of hydrogen-bond donors (Lipinski definition) is 0. The molecule has 0 heterocycles. The molecule has 0 aromatic heterocycles. The molecule has 0 amide bonds. The Balaban J connectivity index is 1.80. The van der Waals surface area contributed by atoms with E-state index in [4.69, 9.17) is 18.9 Å². The summed E-state index contributed by atoms with van der Waals surface area (Å²) in [6.07, 6.45) is 12.5. The van der Waals surface area contributed by atoms with Crippen LogP contribution in [0.4, 0.5) is 0 Å². The monoisotopic (exact) mass is 454 g/mol. The Hall–Kier alpha value is -2.95. The standard InChI is InChI=1S/C28H38O5/c1-4-6-8-9-11-20-31-24-15-12-23(13-16-24)14-19-28(29)33-25-17-18-26(27(22-25)30-3)32-21-10-7-5-2/h12-19,22H,4-11,20-21H2,1-3H3. The first kappa shape index (κ1) is 26.3. The average Bonchev–Trinajstić information content (AvgIpc) is 2.84. The molecule has 5 heteroatoms. The first-order valence-electron chi connectivity index (χ1n) is 12.1. The summed E-state index contributed by atoms with van der Waals surface area (Å²) < 4.78 is 22.3. The third-order valence-electron chi connectivity index (χ3n) is 5.17. The third kappa shape index (κ3) is 10.5. The Morgan fingerprint density at radius 1 is 0.758 bits per heavy atom. The molecule has 0 aliphatic heterocycles. The minimum absolute atomic E-state index is 0.407. The normalized spacial score (nSPS) is 10.9. The summed E-state index contributed by atoms with van der Waals surface area (Å²) >= 11 is 0. The zero-order chi connectivity index (χ0) is 23.7. The molecule has 0 saturated carbocycles. The largest absolute Gasteiger partial charge is 0.494 e. The fourth-order valence-corrected chi connectivity index (χ4v) is 3.25. The molecule has 2 aromatic carbocycles. The van der Waals surface area contributed by atoms with E-state index in [1.807, 2.05) is 24.3 Å². The topological polar surface area (TPSA) is 54.0 Å². The molecule has 0 N–H and O–H groups in total. The van der Waals surface area contributed by atoms with Gasteiger partial charge in [0.2, 0.25) is 0 Å². The van der Waals surface area contributed by atoms with Crippen molar-refractivity contribution in [1.29, 1.82) is 0 Å². The van der Waals surface area contributed by atoms with E-state index in [1.165, 1.54) is 31.8 Å². The maximum absolute atomic E-state index is 12.2. The predicted molar refractivity (Wildman–Crippen MR) is 133 cm³/mol. The van der Waals surface area contributed by atoms with Crippen molar-refractivity contribution in [3.63, 3.8) is 0 Å². The average molecular weight is 455 g/mol. The van der Waals surface area contributed by atoms with Crippen molar-refractivity contribution in [2.24, 2.45) is 0 Å². The molecule has 33 heavy (non-hydrogen) atoms. The minimum atomic E-state index is -0.457. The summed E-state index contributed by atoms with van der Waals surface area (Å²) in [5, 5.41) is 0. The highest BCUT2D eigenvalue weighted by molar-refractivity contribution is 5.88. The number of ether oxygens (including phenoxy) is 4. The van der Waals surface area contributed by atoms with Gasteiger partial charge in [0.15, 0.2) is 11.5 Å². The van der Waals surface area contributed by atoms with Crippen molar-refractivity contribution in [3.05, 3.63) is 54.1 Å². The number of hydrogen-bond acceptors (Lipinski definition) is 5. The van der Waals surface area contributed by atoms with Crippen LogP contribution in [0.15, 0.2) is 48.5 Å². The van der Waals surface area contributed by atoms with E-state index in [9.17, 15) is 4.79 Å². The summed E-state index contributed by atoms with van der Waals surface area (Å²) in [6.45, 7) is 5.73. The number of esters is 1. The van der Waals surface area contributed by atoms with Gasteiger partial charge in [-0.2, -0.15) is 0 Å². The Bertz CT molecular complexity index is 842. The molecule has 0 atom stereocenters. The summed E-state index contributed by atoms with van der Waals surface area (Å²) in [5.74, 6) is 1.98. The molecule has 0 spiro atoms. The second-order valence-corrected chi connectivity index (χ2v) is 7.95. The van der Waals surface area contributed by atoms with Crippen LogP contribution in [-0.2, 0) is 4.79 Å². The molecule has 0 aliphatic rings. The van der Waals surface area contributed by atoms with E-state index in [-0.39, 0.29) is 0 Å². The van der Waals surface area contributed by atoms with Crippen LogP contribution < -0.4 is 18.9 Å². The van der Waals surface area contributed by atoms with Crippen molar-refractivity contribution in [3.8, 4) is 23.0 Å². The van der Waals surface area contributed by atoms with Crippen LogP contribution in [0.25, 0.3) is 6.08 Å². The van der Waals surface area contributed by atoms with Crippen LogP contribution in [0.1, 0.15) is 70.8 Å². The van der Waals surface area contributed by atoms with Gasteiger partial charge in [0.1, 0.15) is 11.5 Å². The number of carbonyl (C=O) groups excluding carboxylic acids is 1. The fraction of sp³-hybridized carbons (Fsp3) is 0.464. The lowest BCUT2D eigenvalue weighted by atomic mass is 10.2. The second kappa shape index (κ2) is 15.8. The Kier molecular flexibility index (Phi) is 12.6. The van der Waals surface area contributed by atoms with Gasteiger partial charge in [-0.1, -0.05) is 64.5 Å². The van der Waals surface area contributed by atoms with Crippen LogP contribution in [0.2, 0.25) is 0 Å². The van der Waals surface area contributed by atoms with Crippen molar-refractivity contribution < 1.29 is 23.7 Å². The van der Waals surface area contributed by atoms with E-state index in [0.29, 0.717) is 23.9 Å². The van der Waals surface area contributed by atoms with Gasteiger partial charge in [0.05, 0.1) is 20.3 Å². The lowest BCUT2D eigenvalue weighted by molar-refractivity contribution is -0.128. The van der Waals surface area contributed by atoms with E-state index in [2.05, 4.69) is 13.8 Å². The third-order valence-corrected chi connectivity index (χ3v) is 5.17. The SMILES string of the molecule is CCCCCCCOc1ccc(C=CC(=O)Oc2ccc(OCCCCC)c(OC)c2)cc1. The van der Waals surface area contributed by atoms with Gasteiger partial charge in [0.25, 0.3) is 0 Å². The van der Waals surface area contributed by atoms with Crippen LogP contribution >= 0.6 is 0 Å². The van der Waals surface area contributed by atoms with E-state index >= 15 is 0 Å². The van der Waals surface area contributed by atoms with Crippen molar-refractivity contribution in [2.45, 2.75) is 65.2 Å². The van der Waals surface area contributed by atoms with Gasteiger partial charge >= 0.3 is 5.97 Å². The van der Waals surface area contributed by atoms with Gasteiger partial charge in [-0.3, -0.25) is 0 Å². The molecule has 0 unspecified atom stereocenters. The number of rotatable bonds is 16. The maximum Gasteiger partial charge on any atom is 0.336 e. The van der Waals surface area contributed by atoms with Gasteiger partial charge in [-0.15, -0.1) is 0 Å². The summed E-state index contributed by atoms with van der Waals surface area (Å²) in [4.78, 5) is 12.2. The maximum atomic E-state index is 12.2. The van der Waals surface area contributed by atoms with Gasteiger partial charge in [-0.25, -0.2) is 4.79 Å². The van der Waals surface area contributed by atoms with Crippen LogP contribution in [0, 0.1) is 0 Å². The lowest BCUT2D eigenvalue weighted by Gasteiger charge is -2.11. The smallest absolute Gasteiger partial charge is 0.336 e. The highest BCUT2D eigenvalue weighted by Crippen LogP contribution is 2.31. The number of methoxy groups -OCH3 is 1. The van der Waals surface area contributed by atoms with Crippen LogP contribution in [-0.4, -0.2) is 26.3 Å². The first-order valence-corrected chi connectivity index (χ1v) is 12.1. The molecule has 0 radical (unpaired) electrons. The molecule has 0 saturated heterocycles. The first-order chi connectivity index (χ1) is 16.2. The Labute approximate surface area is 198 Å². The molecular formula is C28H38O5. The minimum Gasteiger partial charge on any atom is -0.494 e. The lowest BCUT2D eigenvalue weighted by Crippen LogP contribution is -2.04. The second-order valence-electron chi connectivity index (χ2n) is 7.95. The van der Waals surface area contributed by atoms with Gasteiger partial charge in [-0.05, 0) is 48.7 Å². The molecular weight excluding hydrogens is 416 g/mol. The summed E-state index contributed by atoms with van der Waals surface area (Å²) in [7, 11) is 1.57. The summed E-state index contributed by atoms with van der Waals surface area (Å²) in [5.41, 5.74) is 0.899. The molecule has 5 nitrogen and oxygen atoms in total. The highest BCUT2D eigenvalue weighted by atomic mass is 16.5. The number of carbonyl (C=O) groups is 1. The molecule has 180 valence electrons. The molecule has 2 rings (SSSR count). The Morgan fingerprint density at radius 3 is 2.12 bits per heavy atom. The van der Waals surface area contributed by atoms with Crippen LogP contribution in [0.3, 0.4) is 0 Å². The zero-order valence-electron chi connectivity index (χ0n) is 20.3. The van der Waals surface area contributed by atoms with E-state index in [1.54, 1.807) is 31.4 Å². The summed E-state index contributed by atoms with van der Waals surface area (Å²) in [6, 6.07) is 12.8. The van der Waals surface area contributed by atoms with E-state index in [0.717, 1.165) is 43.6 Å². The number of benzene rings is 2. The van der Waals surface area contributed by atoms with Crippen molar-refractivity contribution >= 4 is 12.0 Å². The molecule has 0 fully saturated rings. The quantitative estimate of drug-likeness (QED) is 0.116. The molecule has 0 aliphatic carbocycles. The number of unbranched alkanes of at least 4 members (excludes halogenated alkanes) is 6. The van der Waals surface area contributed by atoms with E-state index < -0.39 is 5.97 Å². The van der Waals surface area contributed by atoms with Crippen LogP contribution in [0.5, 0.6) is 23.0 Å². The van der Waals surface area contributed by atoms with Gasteiger partial charge in [0, 0.05) is 12.1 Å². The van der Waals surface area contributed by atoms with Crippen molar-refractivity contribution in [2.75, 3.05) is 20.3 Å². The predicted octanol–water partition coefficient (Wildman–Crippen LogP) is 7.23. The van der Waals surface area contributed by atoms with Gasteiger partial charge < -0.3 is 18.9 Å².